The van der Waals surface area contributed by atoms with Gasteiger partial charge in [0.15, 0.2) is 0 Å². The molecule has 0 bridgehead atoms. The molecule has 8 nitrogen and oxygen atoms in total. The van der Waals surface area contributed by atoms with E-state index in [9.17, 15) is 18.1 Å². The molecule has 6 N–H and O–H groups in total. The van der Waals surface area contributed by atoms with E-state index in [0.717, 1.165) is 58.3 Å². The van der Waals surface area contributed by atoms with Crippen molar-refractivity contribution in [2.24, 2.45) is 58.0 Å². The lowest BCUT2D eigenvalue weighted by atomic mass is 9.43. The van der Waals surface area contributed by atoms with Crippen molar-refractivity contribution in [2.75, 3.05) is 26.2 Å². The fourth-order valence-corrected chi connectivity index (χ4v) is 11.3. The van der Waals surface area contributed by atoms with Crippen molar-refractivity contribution in [1.29, 1.82) is 0 Å². The zero-order chi connectivity index (χ0) is 31.4. The van der Waals surface area contributed by atoms with Gasteiger partial charge in [-0.1, -0.05) is 34.6 Å². The molecule has 0 aromatic rings. The molecule has 260 valence electrons. The highest BCUT2D eigenvalue weighted by atomic mass is 35.5. The molecule has 11 atom stereocenters. The SMILES string of the molecule is CC(C)[C@@H](CC[C@@H](C)[C@H]1CC[C@H]2[C@@H]3[C@H](O)C[C@H]4C[C@@H](NCCCNCCCCN)CC[C@]4(C)[C@H]3CC[C@]12C)OS(=O)(=O)O.Cl. The molecular formula is C34H66ClN3O5S. The van der Waals surface area contributed by atoms with Crippen LogP contribution < -0.4 is 16.4 Å². The molecular weight excluding hydrogens is 598 g/mol. The lowest BCUT2D eigenvalue weighted by Crippen LogP contribution is -2.59. The Morgan fingerprint density at radius 1 is 0.909 bits per heavy atom. The quantitative estimate of drug-likeness (QED) is 0.101. The molecule has 0 aliphatic heterocycles. The van der Waals surface area contributed by atoms with Gasteiger partial charge in [0.25, 0.3) is 0 Å². The van der Waals surface area contributed by atoms with Crippen molar-refractivity contribution >= 4 is 22.8 Å². The maximum atomic E-state index is 11.8. The number of unbranched alkanes of at least 4 members (excludes halogenated alkanes) is 1. The molecule has 0 aromatic carbocycles. The van der Waals surface area contributed by atoms with E-state index in [1.165, 1.54) is 44.9 Å². The Morgan fingerprint density at radius 3 is 2.27 bits per heavy atom. The summed E-state index contributed by atoms with van der Waals surface area (Å²) in [6.45, 7) is 15.3. The average Bonchev–Trinajstić information content (AvgIpc) is 3.29. The Kier molecular flexibility index (Phi) is 14.3. The van der Waals surface area contributed by atoms with Crippen LogP contribution in [0.3, 0.4) is 0 Å². The maximum absolute atomic E-state index is 11.8. The average molecular weight is 664 g/mol. The number of hydrogen-bond donors (Lipinski definition) is 5. The zero-order valence-electron chi connectivity index (χ0n) is 28.3. The predicted octanol–water partition coefficient (Wildman–Crippen LogP) is 5.98. The van der Waals surface area contributed by atoms with E-state index in [-0.39, 0.29) is 29.8 Å². The summed E-state index contributed by atoms with van der Waals surface area (Å²) in [5.74, 6) is 3.21. The van der Waals surface area contributed by atoms with E-state index in [1.807, 2.05) is 13.8 Å². The van der Waals surface area contributed by atoms with Crippen LogP contribution in [0.4, 0.5) is 0 Å². The van der Waals surface area contributed by atoms with Crippen LogP contribution in [0.1, 0.15) is 118 Å². The summed E-state index contributed by atoms with van der Waals surface area (Å²) in [6, 6.07) is 0.573. The molecule has 4 rings (SSSR count). The van der Waals surface area contributed by atoms with Gasteiger partial charge < -0.3 is 21.5 Å². The highest BCUT2D eigenvalue weighted by Crippen LogP contribution is 2.68. The van der Waals surface area contributed by atoms with E-state index in [2.05, 4.69) is 31.4 Å². The Balaban J connectivity index is 0.00000529. The predicted molar refractivity (Wildman–Crippen MR) is 181 cm³/mol. The molecule has 4 saturated carbocycles. The van der Waals surface area contributed by atoms with Crippen LogP contribution in [0.15, 0.2) is 0 Å². The van der Waals surface area contributed by atoms with Gasteiger partial charge in [-0.15, -0.1) is 12.4 Å². The van der Waals surface area contributed by atoms with Gasteiger partial charge in [-0.05, 0) is 162 Å². The minimum Gasteiger partial charge on any atom is -0.393 e. The van der Waals surface area contributed by atoms with Gasteiger partial charge in [0.2, 0.25) is 0 Å². The number of hydrogen-bond acceptors (Lipinski definition) is 7. The van der Waals surface area contributed by atoms with E-state index in [4.69, 9.17) is 9.92 Å². The third kappa shape index (κ3) is 8.91. The normalized spacial score (nSPS) is 38.3. The zero-order valence-corrected chi connectivity index (χ0v) is 29.9. The summed E-state index contributed by atoms with van der Waals surface area (Å²) < 4.78 is 37.1. The highest BCUT2D eigenvalue weighted by molar-refractivity contribution is 7.80. The van der Waals surface area contributed by atoms with Crippen LogP contribution in [0.25, 0.3) is 0 Å². The first-order valence-electron chi connectivity index (χ1n) is 17.8. The second-order valence-electron chi connectivity index (χ2n) is 15.9. The number of nitrogens with one attached hydrogen (secondary N) is 2. The second kappa shape index (κ2) is 16.4. The number of halogens is 1. The summed E-state index contributed by atoms with van der Waals surface area (Å²) in [7, 11) is -4.45. The standard InChI is InChI=1S/C34H65N3O5S.ClH/c1-23(2)31(42-43(39,40)41)12-9-24(3)27-10-11-28-32-29(14-16-34(27,28)5)33(4)15-13-26(21-25(33)22-30(32)38)37-20-8-19-36-18-7-6-17-35;/h23-32,36-38H,6-22,35H2,1-5H3,(H,39,40,41);1H/t24-,25-,26+,27-,28+,29+,30-,31-,32+,33+,34-;/m1./s1. The Morgan fingerprint density at radius 2 is 1.59 bits per heavy atom. The molecule has 0 aromatic heterocycles. The number of rotatable bonds is 16. The topological polar surface area (TPSA) is 134 Å². The van der Waals surface area contributed by atoms with Gasteiger partial charge in [-0.2, -0.15) is 8.42 Å². The Labute approximate surface area is 275 Å². The first-order chi connectivity index (χ1) is 20.3. The summed E-state index contributed by atoms with van der Waals surface area (Å²) in [4.78, 5) is 0. The number of aliphatic hydroxyl groups is 1. The molecule has 0 heterocycles. The van der Waals surface area contributed by atoms with Crippen LogP contribution >= 0.6 is 12.4 Å². The van der Waals surface area contributed by atoms with Gasteiger partial charge in [0.1, 0.15) is 0 Å². The van der Waals surface area contributed by atoms with Gasteiger partial charge >= 0.3 is 10.4 Å². The summed E-state index contributed by atoms with van der Waals surface area (Å²) in [6.07, 6.45) is 13.7. The Hall–Kier alpha value is -0.0000000000000000555. The number of fused-ring (bicyclic) bond motifs is 5. The van der Waals surface area contributed by atoms with Crippen molar-refractivity contribution in [1.82, 2.24) is 10.6 Å². The minimum absolute atomic E-state index is 0. The van der Waals surface area contributed by atoms with Crippen LogP contribution in [-0.2, 0) is 14.6 Å². The maximum Gasteiger partial charge on any atom is 0.397 e. The van der Waals surface area contributed by atoms with Crippen molar-refractivity contribution in [3.05, 3.63) is 0 Å². The monoisotopic (exact) mass is 663 g/mol. The molecule has 4 aliphatic carbocycles. The molecule has 0 amide bonds. The molecule has 0 spiro atoms. The van der Waals surface area contributed by atoms with E-state index in [0.29, 0.717) is 53.4 Å². The molecule has 0 unspecified atom stereocenters. The van der Waals surface area contributed by atoms with Gasteiger partial charge in [0, 0.05) is 6.04 Å². The van der Waals surface area contributed by atoms with E-state index < -0.39 is 16.5 Å². The van der Waals surface area contributed by atoms with Crippen LogP contribution in [0.2, 0.25) is 0 Å². The summed E-state index contributed by atoms with van der Waals surface area (Å²) in [5, 5.41) is 19.2. The second-order valence-corrected chi connectivity index (χ2v) is 17.0. The van der Waals surface area contributed by atoms with Gasteiger partial charge in [-0.25, -0.2) is 4.18 Å². The van der Waals surface area contributed by atoms with Crippen molar-refractivity contribution in [3.63, 3.8) is 0 Å². The molecule has 4 aliphatic rings. The molecule has 0 saturated heterocycles. The molecule has 0 radical (unpaired) electrons. The Bertz CT molecular complexity index is 988. The van der Waals surface area contributed by atoms with Gasteiger partial charge in [-0.3, -0.25) is 4.55 Å². The fourth-order valence-electron chi connectivity index (χ4n) is 10.7. The summed E-state index contributed by atoms with van der Waals surface area (Å²) in [5.41, 5.74) is 6.13. The first-order valence-corrected chi connectivity index (χ1v) is 19.1. The molecule has 10 heteroatoms. The third-order valence-electron chi connectivity index (χ3n) is 13.1. The van der Waals surface area contributed by atoms with Crippen LogP contribution in [-0.4, -0.2) is 62.5 Å². The van der Waals surface area contributed by atoms with Crippen molar-refractivity contribution in [3.8, 4) is 0 Å². The molecule has 4 fully saturated rings. The molecule has 44 heavy (non-hydrogen) atoms. The third-order valence-corrected chi connectivity index (χ3v) is 13.6. The van der Waals surface area contributed by atoms with Crippen LogP contribution in [0.5, 0.6) is 0 Å². The lowest BCUT2D eigenvalue weighted by molar-refractivity contribution is -0.167. The van der Waals surface area contributed by atoms with Crippen molar-refractivity contribution < 1.29 is 22.3 Å². The first kappa shape index (κ1) is 38.4. The highest BCUT2D eigenvalue weighted by Gasteiger charge is 2.62. The fraction of sp³-hybridized carbons (Fsp3) is 1.00. The minimum atomic E-state index is -4.45. The number of aliphatic hydroxyl groups excluding tert-OH is 1. The lowest BCUT2D eigenvalue weighted by Gasteiger charge is -2.62. The van der Waals surface area contributed by atoms with Crippen molar-refractivity contribution in [2.45, 2.75) is 136 Å². The van der Waals surface area contributed by atoms with E-state index >= 15 is 0 Å². The summed E-state index contributed by atoms with van der Waals surface area (Å²) >= 11 is 0. The van der Waals surface area contributed by atoms with Crippen LogP contribution in [0, 0.1) is 52.3 Å². The van der Waals surface area contributed by atoms with Gasteiger partial charge in [0.05, 0.1) is 12.2 Å². The smallest absolute Gasteiger partial charge is 0.393 e. The van der Waals surface area contributed by atoms with E-state index in [1.54, 1.807) is 0 Å². The number of nitrogens with two attached hydrogens (primary N) is 1. The largest absolute Gasteiger partial charge is 0.397 e.